The maximum absolute atomic E-state index is 13.0. The van der Waals surface area contributed by atoms with Gasteiger partial charge in [0.25, 0.3) is 5.91 Å². The van der Waals surface area contributed by atoms with Gasteiger partial charge in [0, 0.05) is 25.2 Å². The van der Waals surface area contributed by atoms with Gasteiger partial charge in [-0.2, -0.15) is 0 Å². The number of ether oxygens (including phenoxy) is 1. The molecule has 1 N–H and O–H groups in total. The van der Waals surface area contributed by atoms with E-state index in [1.807, 2.05) is 38.1 Å². The molecule has 0 radical (unpaired) electrons. The number of nitrogens with zero attached hydrogens (tertiary/aromatic N) is 3. The number of rotatable bonds is 5. The highest BCUT2D eigenvalue weighted by Crippen LogP contribution is 2.36. The molecule has 30 heavy (non-hydrogen) atoms. The van der Waals surface area contributed by atoms with Gasteiger partial charge in [-0.05, 0) is 62.4 Å². The molecule has 2 heterocycles. The standard InChI is InChI=1S/C24H28N4O2/c1-17-7-6-9-20(15-17)28-19(3)22(26-27-28)23(29)25-16-24(11-13-30-14-12-24)21-10-5-4-8-18(21)2/h4-10,15H,11-14,16H2,1-3H3,(H,25,29). The summed E-state index contributed by atoms with van der Waals surface area (Å²) in [4.78, 5) is 13.0. The minimum Gasteiger partial charge on any atom is -0.381 e. The Morgan fingerprint density at radius 3 is 2.60 bits per heavy atom. The fourth-order valence-electron chi connectivity index (χ4n) is 4.35. The Bertz CT molecular complexity index is 1050. The van der Waals surface area contributed by atoms with Crippen molar-refractivity contribution in [1.29, 1.82) is 0 Å². The maximum atomic E-state index is 13.0. The van der Waals surface area contributed by atoms with Crippen molar-refractivity contribution in [2.75, 3.05) is 19.8 Å². The zero-order valence-electron chi connectivity index (χ0n) is 17.8. The number of aryl methyl sites for hydroxylation is 2. The van der Waals surface area contributed by atoms with E-state index < -0.39 is 0 Å². The van der Waals surface area contributed by atoms with E-state index in [4.69, 9.17) is 4.74 Å². The molecule has 4 rings (SSSR count). The summed E-state index contributed by atoms with van der Waals surface area (Å²) in [5, 5.41) is 11.5. The lowest BCUT2D eigenvalue weighted by Gasteiger charge is -2.38. The maximum Gasteiger partial charge on any atom is 0.273 e. The number of hydrogen-bond acceptors (Lipinski definition) is 4. The van der Waals surface area contributed by atoms with Crippen LogP contribution in [0.5, 0.6) is 0 Å². The third kappa shape index (κ3) is 3.87. The molecular formula is C24H28N4O2. The predicted octanol–water partition coefficient (Wildman–Crippen LogP) is 3.67. The van der Waals surface area contributed by atoms with Crippen molar-refractivity contribution in [3.05, 3.63) is 76.6 Å². The predicted molar refractivity (Wildman–Crippen MR) is 116 cm³/mol. The van der Waals surface area contributed by atoms with Crippen LogP contribution < -0.4 is 5.32 Å². The van der Waals surface area contributed by atoms with Gasteiger partial charge >= 0.3 is 0 Å². The number of hydrogen-bond donors (Lipinski definition) is 1. The van der Waals surface area contributed by atoms with Crippen LogP contribution >= 0.6 is 0 Å². The second kappa shape index (κ2) is 8.40. The quantitative estimate of drug-likeness (QED) is 0.704. The van der Waals surface area contributed by atoms with Gasteiger partial charge in [-0.3, -0.25) is 4.79 Å². The van der Waals surface area contributed by atoms with Crippen molar-refractivity contribution in [2.45, 2.75) is 39.0 Å². The molecule has 2 aromatic carbocycles. The summed E-state index contributed by atoms with van der Waals surface area (Å²) in [5.41, 5.74) is 5.54. The van der Waals surface area contributed by atoms with Crippen LogP contribution in [-0.4, -0.2) is 40.7 Å². The van der Waals surface area contributed by atoms with Gasteiger partial charge in [0.05, 0.1) is 11.4 Å². The highest BCUT2D eigenvalue weighted by Gasteiger charge is 2.36. The van der Waals surface area contributed by atoms with Gasteiger partial charge in [0.2, 0.25) is 0 Å². The number of amides is 1. The van der Waals surface area contributed by atoms with E-state index >= 15 is 0 Å². The van der Waals surface area contributed by atoms with Crippen molar-refractivity contribution in [1.82, 2.24) is 20.3 Å². The summed E-state index contributed by atoms with van der Waals surface area (Å²) < 4.78 is 7.34. The SMILES string of the molecule is Cc1cccc(-n2nnc(C(=O)NCC3(c4ccccc4C)CCOCC3)c2C)c1. The minimum absolute atomic E-state index is 0.125. The highest BCUT2D eigenvalue weighted by atomic mass is 16.5. The first-order valence-electron chi connectivity index (χ1n) is 10.4. The summed E-state index contributed by atoms with van der Waals surface area (Å²) >= 11 is 0. The Morgan fingerprint density at radius 1 is 1.10 bits per heavy atom. The van der Waals surface area contributed by atoms with Crippen molar-refractivity contribution >= 4 is 5.91 Å². The van der Waals surface area contributed by atoms with Gasteiger partial charge in [0.15, 0.2) is 5.69 Å². The van der Waals surface area contributed by atoms with E-state index in [9.17, 15) is 4.79 Å². The third-order valence-electron chi connectivity index (χ3n) is 6.11. The number of benzene rings is 2. The van der Waals surface area contributed by atoms with E-state index in [2.05, 4.69) is 46.8 Å². The molecule has 156 valence electrons. The molecule has 6 nitrogen and oxygen atoms in total. The molecule has 1 saturated heterocycles. The van der Waals surface area contributed by atoms with E-state index in [1.54, 1.807) is 4.68 Å². The van der Waals surface area contributed by atoms with Crippen LogP contribution in [0.4, 0.5) is 0 Å². The molecule has 0 unspecified atom stereocenters. The van der Waals surface area contributed by atoms with Crippen molar-refractivity contribution in [2.24, 2.45) is 0 Å². The van der Waals surface area contributed by atoms with Crippen LogP contribution in [-0.2, 0) is 10.2 Å². The monoisotopic (exact) mass is 404 g/mol. The normalized spacial score (nSPS) is 15.7. The van der Waals surface area contributed by atoms with Crippen molar-refractivity contribution in [3.8, 4) is 5.69 Å². The Morgan fingerprint density at radius 2 is 1.87 bits per heavy atom. The summed E-state index contributed by atoms with van der Waals surface area (Å²) in [6.07, 6.45) is 1.76. The Labute approximate surface area is 177 Å². The molecule has 1 aliphatic heterocycles. The second-order valence-electron chi connectivity index (χ2n) is 8.16. The van der Waals surface area contributed by atoms with Crippen LogP contribution in [0, 0.1) is 20.8 Å². The zero-order valence-corrected chi connectivity index (χ0v) is 17.8. The second-order valence-corrected chi connectivity index (χ2v) is 8.16. The van der Waals surface area contributed by atoms with E-state index in [0.717, 1.165) is 29.8 Å². The summed E-state index contributed by atoms with van der Waals surface area (Å²) in [6, 6.07) is 16.4. The molecule has 0 spiro atoms. The first kappa shape index (κ1) is 20.3. The molecule has 6 heteroatoms. The fourth-order valence-corrected chi connectivity index (χ4v) is 4.35. The first-order chi connectivity index (χ1) is 14.5. The largest absolute Gasteiger partial charge is 0.381 e. The van der Waals surface area contributed by atoms with Gasteiger partial charge in [-0.1, -0.05) is 41.6 Å². The lowest BCUT2D eigenvalue weighted by Crippen LogP contribution is -2.45. The number of nitrogens with one attached hydrogen (secondary N) is 1. The first-order valence-corrected chi connectivity index (χ1v) is 10.4. The number of aromatic nitrogens is 3. The Hall–Kier alpha value is -2.99. The average Bonchev–Trinajstić information content (AvgIpc) is 3.14. The van der Waals surface area contributed by atoms with Crippen molar-refractivity contribution < 1.29 is 9.53 Å². The molecule has 0 aliphatic carbocycles. The number of carbonyl (C=O) groups is 1. The van der Waals surface area contributed by atoms with Crippen LogP contribution in [0.3, 0.4) is 0 Å². The lowest BCUT2D eigenvalue weighted by molar-refractivity contribution is 0.0484. The zero-order chi connectivity index (χ0) is 21.1. The molecule has 1 amide bonds. The van der Waals surface area contributed by atoms with Gasteiger partial charge in [0.1, 0.15) is 0 Å². The van der Waals surface area contributed by atoms with E-state index in [1.165, 1.54) is 11.1 Å². The van der Waals surface area contributed by atoms with Crippen LogP contribution in [0.15, 0.2) is 48.5 Å². The van der Waals surface area contributed by atoms with Gasteiger partial charge in [-0.15, -0.1) is 5.10 Å². The Balaban J connectivity index is 1.56. The molecule has 1 aliphatic rings. The summed E-state index contributed by atoms with van der Waals surface area (Å²) in [6.45, 7) is 7.99. The molecule has 1 fully saturated rings. The molecule has 0 atom stereocenters. The topological polar surface area (TPSA) is 69.0 Å². The minimum atomic E-state index is -0.189. The average molecular weight is 405 g/mol. The smallest absolute Gasteiger partial charge is 0.273 e. The van der Waals surface area contributed by atoms with Crippen LogP contribution in [0.1, 0.15) is 45.7 Å². The van der Waals surface area contributed by atoms with E-state index in [0.29, 0.717) is 25.5 Å². The highest BCUT2D eigenvalue weighted by molar-refractivity contribution is 5.93. The van der Waals surface area contributed by atoms with Gasteiger partial charge in [-0.25, -0.2) is 4.68 Å². The summed E-state index contributed by atoms with van der Waals surface area (Å²) in [5.74, 6) is -0.189. The Kier molecular flexibility index (Phi) is 5.68. The molecule has 0 bridgehead atoms. The lowest BCUT2D eigenvalue weighted by atomic mass is 9.72. The molecule has 1 aromatic heterocycles. The van der Waals surface area contributed by atoms with Crippen LogP contribution in [0.2, 0.25) is 0 Å². The summed E-state index contributed by atoms with van der Waals surface area (Å²) in [7, 11) is 0. The fraction of sp³-hybridized carbons (Fsp3) is 0.375. The van der Waals surface area contributed by atoms with Crippen molar-refractivity contribution in [3.63, 3.8) is 0 Å². The van der Waals surface area contributed by atoms with Crippen LogP contribution in [0.25, 0.3) is 5.69 Å². The van der Waals surface area contributed by atoms with E-state index in [-0.39, 0.29) is 11.3 Å². The molecule has 0 saturated carbocycles. The molecule has 3 aromatic rings. The number of carbonyl (C=O) groups excluding carboxylic acids is 1. The molecular weight excluding hydrogens is 376 g/mol. The van der Waals surface area contributed by atoms with Gasteiger partial charge < -0.3 is 10.1 Å². The third-order valence-corrected chi connectivity index (χ3v) is 6.11.